The van der Waals surface area contributed by atoms with Gasteiger partial charge in [-0.1, -0.05) is 12.1 Å². The summed E-state index contributed by atoms with van der Waals surface area (Å²) < 4.78 is 5.47. The number of ether oxygens (including phenoxy) is 1. The van der Waals surface area contributed by atoms with Crippen LogP contribution in [0.5, 0.6) is 0 Å². The Bertz CT molecular complexity index is 1220. The van der Waals surface area contributed by atoms with Crippen LogP contribution in [0.15, 0.2) is 54.3 Å². The molecule has 1 aliphatic heterocycles. The first kappa shape index (κ1) is 20.1. The van der Waals surface area contributed by atoms with Crippen LogP contribution in [0.4, 0.5) is 5.69 Å². The molecule has 0 radical (unpaired) electrons. The van der Waals surface area contributed by atoms with E-state index < -0.39 is 5.60 Å². The molecule has 0 amide bonds. The average Bonchev–Trinajstić information content (AvgIpc) is 3.35. The van der Waals surface area contributed by atoms with Crippen molar-refractivity contribution in [1.29, 1.82) is 0 Å². The maximum atomic E-state index is 11.2. The summed E-state index contributed by atoms with van der Waals surface area (Å²) in [6, 6.07) is 12.4. The number of aromatic nitrogens is 3. The van der Waals surface area contributed by atoms with Crippen LogP contribution in [0.1, 0.15) is 23.1 Å². The van der Waals surface area contributed by atoms with E-state index in [1.165, 1.54) is 11.3 Å². The molecule has 2 aromatic heterocycles. The second kappa shape index (κ2) is 8.00. The molecule has 5 rings (SSSR count). The van der Waals surface area contributed by atoms with E-state index in [-0.39, 0.29) is 0 Å². The van der Waals surface area contributed by atoms with Crippen molar-refractivity contribution in [2.75, 3.05) is 31.2 Å². The van der Waals surface area contributed by atoms with Gasteiger partial charge in [0.05, 0.1) is 24.4 Å². The third-order valence-corrected chi connectivity index (χ3v) is 6.88. The number of nitrogens with zero attached hydrogens (tertiary/aromatic N) is 4. The second-order valence-corrected chi connectivity index (χ2v) is 8.86. The van der Waals surface area contributed by atoms with Crippen molar-refractivity contribution in [1.82, 2.24) is 15.0 Å². The Morgan fingerprint density at radius 1 is 1.06 bits per heavy atom. The smallest absolute Gasteiger partial charge is 0.138 e. The number of hydrogen-bond acceptors (Lipinski definition) is 7. The number of rotatable bonds is 4. The molecule has 1 saturated heterocycles. The minimum Gasteiger partial charge on any atom is -0.378 e. The topological polar surface area (TPSA) is 71.4 Å². The molecule has 1 fully saturated rings. The van der Waals surface area contributed by atoms with Crippen molar-refractivity contribution in [2.24, 2.45) is 0 Å². The largest absolute Gasteiger partial charge is 0.378 e. The summed E-state index contributed by atoms with van der Waals surface area (Å²) in [5.41, 5.74) is 4.63. The SMILES string of the molecule is Cc1ccc(C(C)(O)c2nccs2)cc1-c1ncnc2cc(N3CCOCC3)ccc12. The highest BCUT2D eigenvalue weighted by Gasteiger charge is 2.29. The molecule has 0 spiro atoms. The van der Waals surface area contributed by atoms with E-state index in [4.69, 9.17) is 4.74 Å². The van der Waals surface area contributed by atoms with Crippen LogP contribution in [0, 0.1) is 6.92 Å². The van der Waals surface area contributed by atoms with E-state index in [0.717, 1.165) is 65.3 Å². The molecular formula is C24H24N4O2S. The summed E-state index contributed by atoms with van der Waals surface area (Å²) in [5.74, 6) is 0. The fraction of sp³-hybridized carbons (Fsp3) is 0.292. The van der Waals surface area contributed by atoms with Gasteiger partial charge in [-0.15, -0.1) is 11.3 Å². The molecule has 3 heterocycles. The first-order chi connectivity index (χ1) is 15.0. The van der Waals surface area contributed by atoms with Gasteiger partial charge in [-0.25, -0.2) is 15.0 Å². The van der Waals surface area contributed by atoms with Gasteiger partial charge in [0, 0.05) is 41.3 Å². The fourth-order valence-electron chi connectivity index (χ4n) is 4.05. The number of anilines is 1. The minimum atomic E-state index is -1.16. The van der Waals surface area contributed by atoms with Gasteiger partial charge in [-0.3, -0.25) is 0 Å². The minimum absolute atomic E-state index is 0.671. The summed E-state index contributed by atoms with van der Waals surface area (Å²) in [7, 11) is 0. The summed E-state index contributed by atoms with van der Waals surface area (Å²) in [4.78, 5) is 15.8. The van der Waals surface area contributed by atoms with Gasteiger partial charge >= 0.3 is 0 Å². The number of aliphatic hydroxyl groups is 1. The zero-order valence-corrected chi connectivity index (χ0v) is 18.4. The maximum Gasteiger partial charge on any atom is 0.138 e. The van der Waals surface area contributed by atoms with Crippen LogP contribution in [0.2, 0.25) is 0 Å². The Hall–Kier alpha value is -2.87. The normalized spacial score (nSPS) is 16.4. The van der Waals surface area contributed by atoms with Crippen molar-refractivity contribution in [3.63, 3.8) is 0 Å². The molecule has 1 aliphatic rings. The second-order valence-electron chi connectivity index (χ2n) is 7.96. The quantitative estimate of drug-likeness (QED) is 0.522. The fourth-order valence-corrected chi connectivity index (χ4v) is 4.77. The van der Waals surface area contributed by atoms with Crippen LogP contribution in [0.3, 0.4) is 0 Å². The van der Waals surface area contributed by atoms with E-state index >= 15 is 0 Å². The number of fused-ring (bicyclic) bond motifs is 1. The Labute approximate surface area is 185 Å². The van der Waals surface area contributed by atoms with Crippen molar-refractivity contribution < 1.29 is 9.84 Å². The highest BCUT2D eigenvalue weighted by Crippen LogP contribution is 2.36. The molecular weight excluding hydrogens is 408 g/mol. The number of aryl methyl sites for hydroxylation is 1. The van der Waals surface area contributed by atoms with Crippen LogP contribution in [-0.2, 0) is 10.3 Å². The van der Waals surface area contributed by atoms with Crippen molar-refractivity contribution in [3.05, 3.63) is 70.4 Å². The lowest BCUT2D eigenvalue weighted by Gasteiger charge is -2.29. The molecule has 31 heavy (non-hydrogen) atoms. The predicted octanol–water partition coefficient (Wildman–Crippen LogP) is 4.15. The number of morpholine rings is 1. The van der Waals surface area contributed by atoms with Crippen molar-refractivity contribution >= 4 is 27.9 Å². The van der Waals surface area contributed by atoms with E-state index in [9.17, 15) is 5.11 Å². The highest BCUT2D eigenvalue weighted by atomic mass is 32.1. The van der Waals surface area contributed by atoms with E-state index in [1.54, 1.807) is 19.4 Å². The van der Waals surface area contributed by atoms with E-state index in [2.05, 4.69) is 45.0 Å². The summed E-state index contributed by atoms with van der Waals surface area (Å²) in [6.07, 6.45) is 3.33. The molecule has 2 aromatic carbocycles. The van der Waals surface area contributed by atoms with Gasteiger partial charge < -0.3 is 14.7 Å². The third kappa shape index (κ3) is 3.69. The van der Waals surface area contributed by atoms with Gasteiger partial charge in [0.2, 0.25) is 0 Å². The van der Waals surface area contributed by atoms with Crippen LogP contribution < -0.4 is 4.90 Å². The average molecular weight is 433 g/mol. The molecule has 6 nitrogen and oxygen atoms in total. The van der Waals surface area contributed by atoms with Crippen molar-refractivity contribution in [2.45, 2.75) is 19.4 Å². The van der Waals surface area contributed by atoms with Gasteiger partial charge in [0.1, 0.15) is 16.9 Å². The number of hydrogen-bond donors (Lipinski definition) is 1. The summed E-state index contributed by atoms with van der Waals surface area (Å²) in [6.45, 7) is 7.11. The zero-order valence-electron chi connectivity index (χ0n) is 17.6. The number of thiazole rings is 1. The molecule has 158 valence electrons. The number of benzene rings is 2. The summed E-state index contributed by atoms with van der Waals surface area (Å²) in [5, 5.41) is 14.7. The van der Waals surface area contributed by atoms with Crippen molar-refractivity contribution in [3.8, 4) is 11.3 Å². The van der Waals surface area contributed by atoms with Gasteiger partial charge in [-0.2, -0.15) is 0 Å². The Morgan fingerprint density at radius 2 is 1.90 bits per heavy atom. The first-order valence-corrected chi connectivity index (χ1v) is 11.2. The molecule has 0 aliphatic carbocycles. The standard InChI is InChI=1S/C24H24N4O2S/c1-16-3-4-17(24(2,29)23-25-7-12-31-23)13-20(16)22-19-6-5-18(14-21(19)26-15-27-22)28-8-10-30-11-9-28/h3-7,12-15,29H,8-11H2,1-2H3. The highest BCUT2D eigenvalue weighted by molar-refractivity contribution is 7.09. The Kier molecular flexibility index (Phi) is 5.17. The van der Waals surface area contributed by atoms with E-state index in [1.807, 2.05) is 23.6 Å². The molecule has 4 aromatic rings. The van der Waals surface area contributed by atoms with E-state index in [0.29, 0.717) is 5.01 Å². The molecule has 0 saturated carbocycles. The van der Waals surface area contributed by atoms with Crippen LogP contribution in [0.25, 0.3) is 22.2 Å². The first-order valence-electron chi connectivity index (χ1n) is 10.4. The third-order valence-electron chi connectivity index (χ3n) is 5.90. The molecule has 1 N–H and O–H groups in total. The monoisotopic (exact) mass is 432 g/mol. The molecule has 1 unspecified atom stereocenters. The molecule has 7 heteroatoms. The lowest BCUT2D eigenvalue weighted by atomic mass is 9.91. The van der Waals surface area contributed by atoms with Gasteiger partial charge in [0.15, 0.2) is 0 Å². The molecule has 0 bridgehead atoms. The van der Waals surface area contributed by atoms with Crippen LogP contribution >= 0.6 is 11.3 Å². The molecule has 1 atom stereocenters. The van der Waals surface area contributed by atoms with Crippen LogP contribution in [-0.4, -0.2) is 46.4 Å². The maximum absolute atomic E-state index is 11.2. The summed E-state index contributed by atoms with van der Waals surface area (Å²) >= 11 is 1.45. The lowest BCUT2D eigenvalue weighted by molar-refractivity contribution is 0.102. The Morgan fingerprint density at radius 3 is 2.68 bits per heavy atom. The van der Waals surface area contributed by atoms with Gasteiger partial charge in [0.25, 0.3) is 0 Å². The Balaban J connectivity index is 1.59. The zero-order chi connectivity index (χ0) is 21.4. The van der Waals surface area contributed by atoms with Gasteiger partial charge in [-0.05, 0) is 49.2 Å². The predicted molar refractivity (Wildman–Crippen MR) is 124 cm³/mol. The lowest BCUT2D eigenvalue weighted by Crippen LogP contribution is -2.36.